The number of halogens is 3. The van der Waals surface area contributed by atoms with Crippen molar-refractivity contribution < 1.29 is 22.8 Å². The van der Waals surface area contributed by atoms with Gasteiger partial charge in [-0.1, -0.05) is 13.8 Å². The molecule has 1 aliphatic carbocycles. The van der Waals surface area contributed by atoms with Crippen molar-refractivity contribution in [1.82, 2.24) is 15.5 Å². The van der Waals surface area contributed by atoms with Crippen LogP contribution in [-0.2, 0) is 11.0 Å². The summed E-state index contributed by atoms with van der Waals surface area (Å²) in [4.78, 5) is 29.5. The molecule has 1 atom stereocenters. The minimum atomic E-state index is -4.61. The number of nitrogens with one attached hydrogen (secondary N) is 2. The third kappa shape index (κ3) is 5.49. The first kappa shape index (κ1) is 25.1. The van der Waals surface area contributed by atoms with E-state index >= 15 is 0 Å². The number of carbonyl (C=O) groups excluding carboxylic acids is 2. The van der Waals surface area contributed by atoms with E-state index in [0.717, 1.165) is 18.9 Å². The van der Waals surface area contributed by atoms with Gasteiger partial charge in [0.2, 0.25) is 5.91 Å². The normalized spacial score (nSPS) is 21.8. The molecule has 3 aliphatic rings. The van der Waals surface area contributed by atoms with Crippen LogP contribution in [0.3, 0.4) is 0 Å². The molecule has 0 aromatic heterocycles. The van der Waals surface area contributed by atoms with Gasteiger partial charge in [0.1, 0.15) is 0 Å². The molecule has 0 bridgehead atoms. The summed E-state index contributed by atoms with van der Waals surface area (Å²) in [5, 5.41) is 15.1. The molecular formula is C25H32F3N5O2. The molecule has 10 heteroatoms. The lowest BCUT2D eigenvalue weighted by Gasteiger charge is -2.43. The molecule has 2 saturated heterocycles. The maximum absolute atomic E-state index is 13.4. The molecule has 1 aromatic rings. The molecule has 1 aromatic carbocycles. The average molecular weight is 492 g/mol. The molecule has 190 valence electrons. The van der Waals surface area contributed by atoms with Crippen molar-refractivity contribution in [3.63, 3.8) is 0 Å². The van der Waals surface area contributed by atoms with Gasteiger partial charge in [-0.25, -0.2) is 4.79 Å². The number of benzene rings is 1. The van der Waals surface area contributed by atoms with Gasteiger partial charge >= 0.3 is 12.2 Å². The van der Waals surface area contributed by atoms with Crippen LogP contribution in [0.5, 0.6) is 0 Å². The van der Waals surface area contributed by atoms with E-state index in [1.54, 1.807) is 17.0 Å². The number of carbonyl (C=O) groups is 2. The quantitative estimate of drug-likeness (QED) is 0.657. The fraction of sp³-hybridized carbons (Fsp3) is 0.640. The maximum Gasteiger partial charge on any atom is 0.417 e. The van der Waals surface area contributed by atoms with Gasteiger partial charge in [0.05, 0.1) is 23.1 Å². The molecule has 2 N–H and O–H groups in total. The van der Waals surface area contributed by atoms with Crippen LogP contribution in [0, 0.1) is 28.6 Å². The van der Waals surface area contributed by atoms with Crippen LogP contribution in [0.25, 0.3) is 0 Å². The van der Waals surface area contributed by atoms with Gasteiger partial charge in [0, 0.05) is 49.9 Å². The summed E-state index contributed by atoms with van der Waals surface area (Å²) in [7, 11) is 0. The first-order chi connectivity index (χ1) is 16.5. The molecule has 1 spiro atoms. The zero-order valence-corrected chi connectivity index (χ0v) is 20.1. The van der Waals surface area contributed by atoms with Gasteiger partial charge in [-0.05, 0) is 49.8 Å². The molecule has 2 heterocycles. The number of rotatable bonds is 5. The molecule has 1 saturated carbocycles. The van der Waals surface area contributed by atoms with E-state index in [2.05, 4.69) is 10.6 Å². The fourth-order valence-electron chi connectivity index (χ4n) is 5.20. The van der Waals surface area contributed by atoms with E-state index in [0.29, 0.717) is 57.2 Å². The van der Waals surface area contributed by atoms with Crippen molar-refractivity contribution in [3.8, 4) is 6.07 Å². The molecular weight excluding hydrogens is 459 g/mol. The summed E-state index contributed by atoms with van der Waals surface area (Å²) in [5.74, 6) is -0.0682. The highest BCUT2D eigenvalue weighted by Gasteiger charge is 2.53. The van der Waals surface area contributed by atoms with E-state index in [1.165, 1.54) is 6.07 Å². The lowest BCUT2D eigenvalue weighted by Crippen LogP contribution is -2.49. The van der Waals surface area contributed by atoms with Gasteiger partial charge in [-0.15, -0.1) is 0 Å². The Kier molecular flexibility index (Phi) is 6.89. The molecule has 35 heavy (non-hydrogen) atoms. The SMILES string of the molecule is CC(C)CNC(=O)N1CC(C(=O)NC2CC2)C2(CCN(c3ccc(C#N)c(C(F)(F)F)c3)CC2)C1. The van der Waals surface area contributed by atoms with Gasteiger partial charge in [-0.3, -0.25) is 4.79 Å². The van der Waals surface area contributed by atoms with Crippen LogP contribution in [0.15, 0.2) is 18.2 Å². The Balaban J connectivity index is 1.50. The molecule has 7 nitrogen and oxygen atoms in total. The van der Waals surface area contributed by atoms with Crippen molar-refractivity contribution in [2.24, 2.45) is 17.3 Å². The van der Waals surface area contributed by atoms with Crippen LogP contribution in [0.4, 0.5) is 23.7 Å². The fourth-order valence-corrected chi connectivity index (χ4v) is 5.20. The maximum atomic E-state index is 13.4. The number of nitrogens with zero attached hydrogens (tertiary/aromatic N) is 3. The summed E-state index contributed by atoms with van der Waals surface area (Å²) in [6.07, 6.45) is -1.49. The first-order valence-corrected chi connectivity index (χ1v) is 12.2. The highest BCUT2D eigenvalue weighted by Crippen LogP contribution is 2.46. The molecule has 2 aliphatic heterocycles. The molecule has 1 unspecified atom stereocenters. The third-order valence-corrected chi connectivity index (χ3v) is 7.39. The number of amides is 3. The van der Waals surface area contributed by atoms with Gasteiger partial charge in [-0.2, -0.15) is 18.4 Å². The summed E-state index contributed by atoms with van der Waals surface area (Å²) in [5.41, 5.74) is -1.34. The summed E-state index contributed by atoms with van der Waals surface area (Å²) < 4.78 is 40.3. The Morgan fingerprint density at radius 1 is 1.23 bits per heavy atom. The van der Waals surface area contributed by atoms with Crippen molar-refractivity contribution in [1.29, 1.82) is 5.26 Å². The molecule has 3 amide bonds. The Bertz CT molecular complexity index is 1010. The number of hydrogen-bond donors (Lipinski definition) is 2. The van der Waals surface area contributed by atoms with Crippen molar-refractivity contribution in [2.75, 3.05) is 37.6 Å². The Morgan fingerprint density at radius 2 is 1.91 bits per heavy atom. The smallest absolute Gasteiger partial charge is 0.371 e. The first-order valence-electron chi connectivity index (χ1n) is 12.2. The number of anilines is 1. The van der Waals surface area contributed by atoms with Crippen LogP contribution >= 0.6 is 0 Å². The zero-order chi connectivity index (χ0) is 25.4. The second-order valence-electron chi connectivity index (χ2n) is 10.5. The predicted octanol–water partition coefficient (Wildman–Crippen LogP) is 3.74. The standard InChI is InChI=1S/C25H32F3N5O2/c1-16(2)13-30-23(35)33-14-21(22(34)31-18-4-5-18)24(15-33)7-9-32(10-8-24)19-6-3-17(12-29)20(11-19)25(26,27)28/h3,6,11,16,18,21H,4-5,7-10,13-15H2,1-2H3,(H,30,35)(H,31,34). The van der Waals surface area contributed by atoms with Gasteiger partial charge in [0.15, 0.2) is 0 Å². The summed E-state index contributed by atoms with van der Waals surface area (Å²) >= 11 is 0. The largest absolute Gasteiger partial charge is 0.417 e. The molecule has 3 fully saturated rings. The number of urea groups is 1. The van der Waals surface area contributed by atoms with E-state index in [-0.39, 0.29) is 23.9 Å². The minimum Gasteiger partial charge on any atom is -0.371 e. The zero-order valence-electron chi connectivity index (χ0n) is 20.1. The number of likely N-dealkylation sites (tertiary alicyclic amines) is 1. The van der Waals surface area contributed by atoms with Crippen molar-refractivity contribution in [2.45, 2.75) is 51.7 Å². The Hall–Kier alpha value is -2.96. The number of hydrogen-bond acceptors (Lipinski definition) is 4. The summed E-state index contributed by atoms with van der Waals surface area (Å²) in [6, 6.07) is 5.45. The lowest BCUT2D eigenvalue weighted by molar-refractivity contribution is -0.137. The van der Waals surface area contributed by atoms with E-state index in [1.807, 2.05) is 18.7 Å². The predicted molar refractivity (Wildman–Crippen MR) is 125 cm³/mol. The highest BCUT2D eigenvalue weighted by atomic mass is 19.4. The number of piperidine rings is 1. The third-order valence-electron chi connectivity index (χ3n) is 7.39. The van der Waals surface area contributed by atoms with E-state index < -0.39 is 22.7 Å². The average Bonchev–Trinajstić information content (AvgIpc) is 3.55. The molecule has 0 radical (unpaired) electrons. The summed E-state index contributed by atoms with van der Waals surface area (Å²) in [6.45, 7) is 6.32. The van der Waals surface area contributed by atoms with Crippen molar-refractivity contribution >= 4 is 17.6 Å². The second kappa shape index (κ2) is 9.59. The number of alkyl halides is 3. The monoisotopic (exact) mass is 491 g/mol. The van der Waals surface area contributed by atoms with Crippen LogP contribution < -0.4 is 15.5 Å². The van der Waals surface area contributed by atoms with E-state index in [4.69, 9.17) is 5.26 Å². The minimum absolute atomic E-state index is 0.0298. The number of nitriles is 1. The van der Waals surface area contributed by atoms with E-state index in [9.17, 15) is 22.8 Å². The van der Waals surface area contributed by atoms with Crippen LogP contribution in [0.2, 0.25) is 0 Å². The van der Waals surface area contributed by atoms with Gasteiger partial charge < -0.3 is 20.4 Å². The molecule has 4 rings (SSSR count). The topological polar surface area (TPSA) is 88.5 Å². The second-order valence-corrected chi connectivity index (χ2v) is 10.5. The Morgan fingerprint density at radius 3 is 2.49 bits per heavy atom. The van der Waals surface area contributed by atoms with Crippen LogP contribution in [-0.4, -0.2) is 55.6 Å². The van der Waals surface area contributed by atoms with Crippen molar-refractivity contribution in [3.05, 3.63) is 29.3 Å². The highest BCUT2D eigenvalue weighted by molar-refractivity contribution is 5.83. The van der Waals surface area contributed by atoms with Gasteiger partial charge in [0.25, 0.3) is 0 Å². The lowest BCUT2D eigenvalue weighted by atomic mass is 9.70. The van der Waals surface area contributed by atoms with Crippen LogP contribution in [0.1, 0.15) is 50.7 Å². The Labute approximate surface area is 203 Å².